The number of hydrogen-bond donors (Lipinski definition) is 3. The van der Waals surface area contributed by atoms with E-state index < -0.39 is 11.8 Å². The molecule has 7 unspecified atom stereocenters. The van der Waals surface area contributed by atoms with Gasteiger partial charge < -0.3 is 15.3 Å². The van der Waals surface area contributed by atoms with Gasteiger partial charge in [-0.15, -0.1) is 0 Å². The highest BCUT2D eigenvalue weighted by molar-refractivity contribution is 5.86. The number of fused-ring (bicyclic) bond motifs is 5. The second-order valence-corrected chi connectivity index (χ2v) is 10.8. The molecule has 0 aromatic rings. The molecule has 3 N–H and O–H groups in total. The standard InChI is InChI=1S/C23H34O6.3C2H6/c1-21-9-7-17-19(18(25)12-14-11-15(24)6-8-22(14,17)2)16(21)4-3-13(21)5-10-23(28,29)20(26)27;3*1-2/h13-14,16-17,19,28-29H,3-12H2,1-2H3,(H,26,27);3*1-2H3. The molecule has 0 heterocycles. The summed E-state index contributed by atoms with van der Waals surface area (Å²) in [6.45, 7) is 16.5. The van der Waals surface area contributed by atoms with Crippen LogP contribution in [0, 0.1) is 40.4 Å². The van der Waals surface area contributed by atoms with Crippen molar-refractivity contribution in [3.8, 4) is 0 Å². The molecule has 7 atom stereocenters. The van der Waals surface area contributed by atoms with Crippen molar-refractivity contribution in [2.75, 3.05) is 0 Å². The minimum Gasteiger partial charge on any atom is -0.477 e. The molecule has 204 valence electrons. The average molecular weight is 497 g/mol. The first-order valence-corrected chi connectivity index (χ1v) is 14.2. The fourth-order valence-corrected chi connectivity index (χ4v) is 7.79. The Kier molecular flexibility index (Phi) is 11.6. The van der Waals surface area contributed by atoms with Crippen LogP contribution in [0.25, 0.3) is 0 Å². The first kappa shape index (κ1) is 31.8. The molecule has 0 aromatic heterocycles. The van der Waals surface area contributed by atoms with Crippen LogP contribution < -0.4 is 0 Å². The number of aliphatic hydroxyl groups is 2. The predicted octanol–water partition coefficient (Wildman–Crippen LogP) is 6.02. The Labute approximate surface area is 213 Å². The number of Topliss-reactive ketones (excluding diaryl/α,β-unsaturated/α-hetero) is 2. The highest BCUT2D eigenvalue weighted by Crippen LogP contribution is 2.67. The normalized spacial score (nSPS) is 37.6. The Morgan fingerprint density at radius 2 is 1.46 bits per heavy atom. The number of carboxylic acid groups (broad SMARTS) is 1. The Bertz CT molecular complexity index is 731. The second kappa shape index (κ2) is 12.8. The lowest BCUT2D eigenvalue weighted by Gasteiger charge is -2.59. The number of carbonyl (C=O) groups is 3. The van der Waals surface area contributed by atoms with E-state index in [4.69, 9.17) is 5.11 Å². The second-order valence-electron chi connectivity index (χ2n) is 10.8. The zero-order valence-corrected chi connectivity index (χ0v) is 23.5. The summed E-state index contributed by atoms with van der Waals surface area (Å²) in [6, 6.07) is 0. The molecule has 0 saturated heterocycles. The number of aliphatic carboxylic acids is 1. The molecule has 4 aliphatic carbocycles. The van der Waals surface area contributed by atoms with Crippen LogP contribution in [0.15, 0.2) is 0 Å². The molecule has 6 nitrogen and oxygen atoms in total. The van der Waals surface area contributed by atoms with Crippen LogP contribution >= 0.6 is 0 Å². The van der Waals surface area contributed by atoms with Crippen LogP contribution in [0.5, 0.6) is 0 Å². The molecule has 6 heteroatoms. The van der Waals surface area contributed by atoms with E-state index in [0.29, 0.717) is 43.2 Å². The summed E-state index contributed by atoms with van der Waals surface area (Å²) < 4.78 is 0. The van der Waals surface area contributed by atoms with Crippen LogP contribution in [0.1, 0.15) is 120 Å². The smallest absolute Gasteiger partial charge is 0.364 e. The lowest BCUT2D eigenvalue weighted by molar-refractivity contribution is -0.207. The molecule has 0 spiro atoms. The van der Waals surface area contributed by atoms with Crippen LogP contribution in [-0.2, 0) is 14.4 Å². The minimum absolute atomic E-state index is 0.0423. The van der Waals surface area contributed by atoms with Gasteiger partial charge in [-0.2, -0.15) is 0 Å². The number of hydrogen-bond acceptors (Lipinski definition) is 5. The van der Waals surface area contributed by atoms with Gasteiger partial charge in [0.1, 0.15) is 11.6 Å². The molecule has 4 saturated carbocycles. The molecule has 0 aromatic carbocycles. The quantitative estimate of drug-likeness (QED) is 0.410. The molecule has 4 aliphatic rings. The van der Waals surface area contributed by atoms with Crippen LogP contribution in [0.2, 0.25) is 0 Å². The third-order valence-corrected chi connectivity index (χ3v) is 9.67. The Balaban J connectivity index is 0.000000949. The zero-order chi connectivity index (χ0) is 27.2. The van der Waals surface area contributed by atoms with Gasteiger partial charge in [0.2, 0.25) is 0 Å². The molecule has 0 amide bonds. The van der Waals surface area contributed by atoms with Crippen molar-refractivity contribution in [3.05, 3.63) is 0 Å². The lowest BCUT2D eigenvalue weighted by atomic mass is 9.44. The monoisotopic (exact) mass is 496 g/mol. The topological polar surface area (TPSA) is 112 Å². The van der Waals surface area contributed by atoms with Gasteiger partial charge in [0, 0.05) is 31.6 Å². The summed E-state index contributed by atoms with van der Waals surface area (Å²) in [5.74, 6) is -2.59. The van der Waals surface area contributed by atoms with E-state index in [9.17, 15) is 24.6 Å². The van der Waals surface area contributed by atoms with E-state index >= 15 is 0 Å². The van der Waals surface area contributed by atoms with Crippen molar-refractivity contribution < 1.29 is 29.7 Å². The van der Waals surface area contributed by atoms with E-state index in [1.807, 2.05) is 41.5 Å². The highest BCUT2D eigenvalue weighted by Gasteiger charge is 2.62. The van der Waals surface area contributed by atoms with Crippen molar-refractivity contribution in [1.82, 2.24) is 0 Å². The predicted molar refractivity (Wildman–Crippen MR) is 139 cm³/mol. The molecular formula is C29H52O6. The summed E-state index contributed by atoms with van der Waals surface area (Å²) in [4.78, 5) is 36.3. The Hall–Kier alpha value is -1.27. The fourth-order valence-electron chi connectivity index (χ4n) is 7.79. The van der Waals surface area contributed by atoms with Gasteiger partial charge >= 0.3 is 5.97 Å². The lowest BCUT2D eigenvalue weighted by Crippen LogP contribution is -2.57. The molecule has 0 aliphatic heterocycles. The van der Waals surface area contributed by atoms with Gasteiger partial charge in [-0.25, -0.2) is 4.79 Å². The van der Waals surface area contributed by atoms with Gasteiger partial charge in [-0.05, 0) is 73.0 Å². The molecule has 0 bridgehead atoms. The molecule has 0 radical (unpaired) electrons. The fraction of sp³-hybridized carbons (Fsp3) is 0.897. The third kappa shape index (κ3) is 6.01. The summed E-state index contributed by atoms with van der Waals surface area (Å²) in [7, 11) is 0. The van der Waals surface area contributed by atoms with Crippen molar-refractivity contribution >= 4 is 17.5 Å². The van der Waals surface area contributed by atoms with Crippen LogP contribution in [-0.4, -0.2) is 38.6 Å². The summed E-state index contributed by atoms with van der Waals surface area (Å²) in [5.41, 5.74) is 0.0135. The molecule has 4 fully saturated rings. The molecule has 35 heavy (non-hydrogen) atoms. The van der Waals surface area contributed by atoms with Gasteiger partial charge in [0.05, 0.1) is 0 Å². The van der Waals surface area contributed by atoms with E-state index in [1.54, 1.807) is 0 Å². The maximum Gasteiger partial charge on any atom is 0.364 e. The number of carboxylic acids is 1. The van der Waals surface area contributed by atoms with Gasteiger partial charge in [-0.3, -0.25) is 9.59 Å². The maximum atomic E-state index is 13.3. The first-order valence-electron chi connectivity index (χ1n) is 14.2. The van der Waals surface area contributed by atoms with E-state index in [-0.39, 0.29) is 40.9 Å². The summed E-state index contributed by atoms with van der Waals surface area (Å²) >= 11 is 0. The number of ketones is 2. The van der Waals surface area contributed by atoms with Gasteiger partial charge in [-0.1, -0.05) is 55.4 Å². The van der Waals surface area contributed by atoms with Crippen molar-refractivity contribution in [2.24, 2.45) is 40.4 Å². The third-order valence-electron chi connectivity index (χ3n) is 9.67. The molecule has 4 rings (SSSR count). The summed E-state index contributed by atoms with van der Waals surface area (Å²) in [5, 5.41) is 28.4. The molecular weight excluding hydrogens is 444 g/mol. The summed E-state index contributed by atoms with van der Waals surface area (Å²) in [6.07, 6.45) is 6.71. The number of carbonyl (C=O) groups excluding carboxylic acids is 2. The largest absolute Gasteiger partial charge is 0.477 e. The Morgan fingerprint density at radius 1 is 0.886 bits per heavy atom. The maximum absolute atomic E-state index is 13.3. The van der Waals surface area contributed by atoms with Crippen molar-refractivity contribution in [1.29, 1.82) is 0 Å². The van der Waals surface area contributed by atoms with Gasteiger partial charge in [0.25, 0.3) is 5.79 Å². The minimum atomic E-state index is -2.68. The van der Waals surface area contributed by atoms with E-state index in [0.717, 1.165) is 32.1 Å². The highest BCUT2D eigenvalue weighted by atomic mass is 16.5. The van der Waals surface area contributed by atoms with Crippen LogP contribution in [0.3, 0.4) is 0 Å². The van der Waals surface area contributed by atoms with Crippen LogP contribution in [0.4, 0.5) is 0 Å². The zero-order valence-electron chi connectivity index (χ0n) is 23.5. The Morgan fingerprint density at radius 3 is 2.03 bits per heavy atom. The van der Waals surface area contributed by atoms with E-state index in [2.05, 4.69) is 13.8 Å². The van der Waals surface area contributed by atoms with Crippen molar-refractivity contribution in [3.63, 3.8) is 0 Å². The van der Waals surface area contributed by atoms with Gasteiger partial charge in [0.15, 0.2) is 0 Å². The SMILES string of the molecule is CC.CC.CC.CC12CCC3C(C(=O)CC4CC(=O)CCC43C)C1CCC2CCC(O)(O)C(=O)O. The van der Waals surface area contributed by atoms with Crippen molar-refractivity contribution in [2.45, 2.75) is 125 Å². The average Bonchev–Trinajstić information content (AvgIpc) is 3.19. The number of rotatable bonds is 4. The first-order chi connectivity index (χ1) is 16.5. The van der Waals surface area contributed by atoms with E-state index in [1.165, 1.54) is 0 Å².